The summed E-state index contributed by atoms with van der Waals surface area (Å²) in [6.07, 6.45) is 18.1. The van der Waals surface area contributed by atoms with Gasteiger partial charge in [0.15, 0.2) is 0 Å². The Morgan fingerprint density at radius 1 is 0.833 bits per heavy atom. The van der Waals surface area contributed by atoms with Crippen LogP contribution in [-0.2, 0) is 0 Å². The van der Waals surface area contributed by atoms with Gasteiger partial charge in [0.1, 0.15) is 0 Å². The van der Waals surface area contributed by atoms with Crippen LogP contribution >= 0.6 is 0 Å². The summed E-state index contributed by atoms with van der Waals surface area (Å²) < 4.78 is 0. The van der Waals surface area contributed by atoms with Gasteiger partial charge in [0.05, 0.1) is 0 Å². The molecule has 0 nitrogen and oxygen atoms in total. The molecule has 0 spiro atoms. The van der Waals surface area contributed by atoms with E-state index in [1.165, 1.54) is 70.6 Å². The second-order valence-corrected chi connectivity index (χ2v) is 13.8. The second kappa shape index (κ2) is 7.52. The Morgan fingerprint density at radius 3 is 2.17 bits per heavy atom. The molecule has 0 amide bonds. The van der Waals surface area contributed by atoms with Crippen molar-refractivity contribution in [3.8, 4) is 0 Å². The van der Waals surface area contributed by atoms with Crippen molar-refractivity contribution in [1.82, 2.24) is 0 Å². The number of hydrogen-bond donors (Lipinski definition) is 0. The first-order chi connectivity index (χ1) is 13.9. The molecule has 5 atom stereocenters. The highest BCUT2D eigenvalue weighted by molar-refractivity contribution is 5.28. The lowest BCUT2D eigenvalue weighted by molar-refractivity contribution is -0.0405. The molecule has 30 heavy (non-hydrogen) atoms. The van der Waals surface area contributed by atoms with Crippen LogP contribution in [0.4, 0.5) is 0 Å². The number of rotatable bonds is 3. The molecule has 2 saturated carbocycles. The normalized spacial score (nSPS) is 42.9. The van der Waals surface area contributed by atoms with Gasteiger partial charge in [-0.25, -0.2) is 0 Å². The summed E-state index contributed by atoms with van der Waals surface area (Å²) in [5.74, 6) is 2.54. The molecule has 0 bridgehead atoms. The van der Waals surface area contributed by atoms with Gasteiger partial charge in [0, 0.05) is 0 Å². The van der Waals surface area contributed by atoms with Crippen molar-refractivity contribution in [2.75, 3.05) is 0 Å². The van der Waals surface area contributed by atoms with Crippen LogP contribution in [0.15, 0.2) is 22.8 Å². The molecule has 4 aliphatic carbocycles. The van der Waals surface area contributed by atoms with E-state index < -0.39 is 0 Å². The average molecular weight is 411 g/mol. The van der Waals surface area contributed by atoms with Crippen LogP contribution in [0.25, 0.3) is 0 Å². The molecule has 0 unspecified atom stereocenters. The standard InChI is InChI=1S/C30H50/c1-21-11-15-25-27(3,4)17-9-19-29(25,7)23(21)13-14-24-22(2)12-16-26-28(5,6)18-10-20-30(24,26)8/h11,23,25-26H,9-10,12-20H2,1-8H3/t23-,25-,26+,29+,30+/m0/s1. The predicted molar refractivity (Wildman–Crippen MR) is 131 cm³/mol. The summed E-state index contributed by atoms with van der Waals surface area (Å²) in [6, 6.07) is 0. The van der Waals surface area contributed by atoms with Crippen LogP contribution in [0.3, 0.4) is 0 Å². The Morgan fingerprint density at radius 2 is 1.47 bits per heavy atom. The van der Waals surface area contributed by atoms with Crippen molar-refractivity contribution in [1.29, 1.82) is 0 Å². The molecule has 0 aliphatic heterocycles. The first-order valence-corrected chi connectivity index (χ1v) is 13.3. The van der Waals surface area contributed by atoms with Gasteiger partial charge in [0.25, 0.3) is 0 Å². The van der Waals surface area contributed by atoms with Crippen molar-refractivity contribution < 1.29 is 0 Å². The maximum Gasteiger partial charge on any atom is -0.00804 e. The van der Waals surface area contributed by atoms with E-state index in [-0.39, 0.29) is 0 Å². The van der Waals surface area contributed by atoms with Gasteiger partial charge in [0.2, 0.25) is 0 Å². The van der Waals surface area contributed by atoms with Crippen molar-refractivity contribution in [2.45, 2.75) is 126 Å². The van der Waals surface area contributed by atoms with E-state index >= 15 is 0 Å². The van der Waals surface area contributed by atoms with Crippen molar-refractivity contribution in [3.05, 3.63) is 22.8 Å². The van der Waals surface area contributed by atoms with E-state index in [1.807, 2.05) is 5.57 Å². The zero-order valence-corrected chi connectivity index (χ0v) is 21.6. The second-order valence-electron chi connectivity index (χ2n) is 13.8. The van der Waals surface area contributed by atoms with E-state index in [4.69, 9.17) is 0 Å². The van der Waals surface area contributed by atoms with Crippen LogP contribution in [-0.4, -0.2) is 0 Å². The smallest absolute Gasteiger partial charge is 0.00804 e. The van der Waals surface area contributed by atoms with Gasteiger partial charge in [-0.05, 0) is 111 Å². The lowest BCUT2D eigenvalue weighted by atomic mass is 9.47. The van der Waals surface area contributed by atoms with Crippen LogP contribution in [0.2, 0.25) is 0 Å². The third-order valence-electron chi connectivity index (χ3n) is 11.2. The fourth-order valence-corrected chi connectivity index (χ4v) is 9.67. The number of hydrogen-bond acceptors (Lipinski definition) is 0. The van der Waals surface area contributed by atoms with E-state index in [0.717, 1.165) is 17.8 Å². The van der Waals surface area contributed by atoms with Crippen LogP contribution in [0.1, 0.15) is 126 Å². The molecular formula is C30H50. The summed E-state index contributed by atoms with van der Waals surface area (Å²) in [7, 11) is 0. The summed E-state index contributed by atoms with van der Waals surface area (Å²) >= 11 is 0. The largest absolute Gasteiger partial charge is 0.0850 e. The fraction of sp³-hybridized carbons (Fsp3) is 0.867. The van der Waals surface area contributed by atoms with Crippen LogP contribution < -0.4 is 0 Å². The molecule has 2 fully saturated rings. The first-order valence-electron chi connectivity index (χ1n) is 13.3. The van der Waals surface area contributed by atoms with Gasteiger partial charge in [-0.3, -0.25) is 0 Å². The fourth-order valence-electron chi connectivity index (χ4n) is 9.67. The quantitative estimate of drug-likeness (QED) is 0.406. The number of fused-ring (bicyclic) bond motifs is 2. The van der Waals surface area contributed by atoms with E-state index in [9.17, 15) is 0 Å². The molecule has 0 radical (unpaired) electrons. The minimum Gasteiger partial charge on any atom is -0.0850 e. The first kappa shape index (κ1) is 22.7. The summed E-state index contributed by atoms with van der Waals surface area (Å²) in [5, 5.41) is 0. The average Bonchev–Trinajstić information content (AvgIpc) is 2.61. The molecule has 0 aromatic carbocycles. The van der Waals surface area contributed by atoms with Gasteiger partial charge < -0.3 is 0 Å². The van der Waals surface area contributed by atoms with Gasteiger partial charge in [-0.1, -0.05) is 77.2 Å². The Labute approximate surface area is 188 Å². The molecule has 4 aliphatic rings. The third kappa shape index (κ3) is 3.47. The maximum absolute atomic E-state index is 2.68. The van der Waals surface area contributed by atoms with Gasteiger partial charge in [-0.2, -0.15) is 0 Å². The topological polar surface area (TPSA) is 0 Å². The molecule has 4 rings (SSSR count). The minimum atomic E-state index is 0.461. The number of allylic oxidation sites excluding steroid dienone is 4. The summed E-state index contributed by atoms with van der Waals surface area (Å²) in [5.41, 5.74) is 7.36. The highest BCUT2D eigenvalue weighted by atomic mass is 14.6. The Hall–Kier alpha value is -0.520. The molecule has 0 N–H and O–H groups in total. The van der Waals surface area contributed by atoms with Crippen LogP contribution in [0.5, 0.6) is 0 Å². The SMILES string of the molecule is CC1=CC[C@H]2C(C)(C)CCC[C@]2(C)[C@H]1CCC1=C(C)CC[C@@H]2C(C)(C)CCC[C@]12C. The monoisotopic (exact) mass is 410 g/mol. The zero-order chi connectivity index (χ0) is 21.9. The van der Waals surface area contributed by atoms with E-state index in [0.29, 0.717) is 21.7 Å². The highest BCUT2D eigenvalue weighted by Gasteiger charge is 2.53. The predicted octanol–water partition coefficient (Wildman–Crippen LogP) is 9.51. The summed E-state index contributed by atoms with van der Waals surface area (Å²) in [4.78, 5) is 0. The van der Waals surface area contributed by atoms with Crippen molar-refractivity contribution in [2.24, 2.45) is 39.4 Å². The molecular weight excluding hydrogens is 360 g/mol. The summed E-state index contributed by atoms with van der Waals surface area (Å²) in [6.45, 7) is 20.5. The highest BCUT2D eigenvalue weighted by Crippen LogP contribution is 2.63. The van der Waals surface area contributed by atoms with Crippen LogP contribution in [0, 0.1) is 39.4 Å². The minimum absolute atomic E-state index is 0.461. The zero-order valence-electron chi connectivity index (χ0n) is 21.6. The molecule has 0 heterocycles. The van der Waals surface area contributed by atoms with Crippen molar-refractivity contribution in [3.63, 3.8) is 0 Å². The third-order valence-corrected chi connectivity index (χ3v) is 11.2. The Bertz CT molecular complexity index is 731. The molecule has 0 aromatic rings. The Balaban J connectivity index is 1.60. The Kier molecular flexibility index (Phi) is 5.68. The molecule has 0 saturated heterocycles. The van der Waals surface area contributed by atoms with Gasteiger partial charge >= 0.3 is 0 Å². The van der Waals surface area contributed by atoms with E-state index in [2.05, 4.69) is 61.5 Å². The molecule has 0 heteroatoms. The van der Waals surface area contributed by atoms with Crippen molar-refractivity contribution >= 4 is 0 Å². The lowest BCUT2D eigenvalue weighted by Crippen LogP contribution is -2.49. The maximum atomic E-state index is 2.68. The molecule has 0 aromatic heterocycles. The molecule has 170 valence electrons. The lowest BCUT2D eigenvalue weighted by Gasteiger charge is -2.58. The van der Waals surface area contributed by atoms with Gasteiger partial charge in [-0.15, -0.1) is 0 Å². The van der Waals surface area contributed by atoms with E-state index in [1.54, 1.807) is 11.1 Å².